The van der Waals surface area contributed by atoms with Gasteiger partial charge in [-0.25, -0.2) is 13.1 Å². The molecule has 0 saturated carbocycles. The molecule has 8 nitrogen and oxygen atoms in total. The van der Waals surface area contributed by atoms with Gasteiger partial charge in [-0.15, -0.1) is 21.5 Å². The first-order valence-electron chi connectivity index (χ1n) is 8.25. The molecular formula is C18H19N3O5S2. The molecule has 1 aromatic carbocycles. The molecular weight excluding hydrogens is 402 g/mol. The highest BCUT2D eigenvalue weighted by molar-refractivity contribution is 7.89. The van der Waals surface area contributed by atoms with Gasteiger partial charge in [-0.1, -0.05) is 6.07 Å². The highest BCUT2D eigenvalue weighted by Crippen LogP contribution is 2.28. The number of nitrogens with one attached hydrogen (secondary N) is 1. The van der Waals surface area contributed by atoms with Crippen molar-refractivity contribution < 1.29 is 22.6 Å². The fourth-order valence-electron chi connectivity index (χ4n) is 2.36. The van der Waals surface area contributed by atoms with E-state index in [1.54, 1.807) is 29.5 Å². The number of sulfonamides is 1. The molecule has 2 heterocycles. The van der Waals surface area contributed by atoms with Gasteiger partial charge in [0.25, 0.3) is 0 Å². The number of benzene rings is 1. The summed E-state index contributed by atoms with van der Waals surface area (Å²) in [6.07, 6.45) is 0. The van der Waals surface area contributed by atoms with Crippen LogP contribution in [0.5, 0.6) is 17.4 Å². The van der Waals surface area contributed by atoms with E-state index in [0.717, 1.165) is 10.6 Å². The molecule has 3 aromatic rings. The molecule has 1 N–H and O–H groups in total. The SMILES string of the molecule is COc1ccc(OC)c(S(=O)(=O)NCCOc2ccc(-c3cccs3)nn2)c1. The van der Waals surface area contributed by atoms with Crippen molar-refractivity contribution in [3.8, 4) is 28.0 Å². The summed E-state index contributed by atoms with van der Waals surface area (Å²) in [5, 5.41) is 10.1. The van der Waals surface area contributed by atoms with Crippen LogP contribution in [0, 0.1) is 0 Å². The molecule has 0 radical (unpaired) electrons. The van der Waals surface area contributed by atoms with Crippen molar-refractivity contribution in [3.05, 3.63) is 47.8 Å². The smallest absolute Gasteiger partial charge is 0.244 e. The number of nitrogens with zero attached hydrogens (tertiary/aromatic N) is 2. The van der Waals surface area contributed by atoms with Gasteiger partial charge in [0.15, 0.2) is 0 Å². The highest BCUT2D eigenvalue weighted by Gasteiger charge is 2.20. The number of hydrogen-bond donors (Lipinski definition) is 1. The molecule has 0 aliphatic carbocycles. The first-order chi connectivity index (χ1) is 13.5. The Hall–Kier alpha value is -2.69. The number of hydrogen-bond acceptors (Lipinski definition) is 8. The van der Waals surface area contributed by atoms with Crippen LogP contribution < -0.4 is 18.9 Å². The van der Waals surface area contributed by atoms with Crippen molar-refractivity contribution in [1.82, 2.24) is 14.9 Å². The summed E-state index contributed by atoms with van der Waals surface area (Å²) in [6, 6.07) is 12.0. The van der Waals surface area contributed by atoms with Crippen LogP contribution in [-0.4, -0.2) is 46.0 Å². The Kier molecular flexibility index (Phi) is 6.45. The van der Waals surface area contributed by atoms with E-state index < -0.39 is 10.0 Å². The van der Waals surface area contributed by atoms with Gasteiger partial charge in [-0.2, -0.15) is 0 Å². The quantitative estimate of drug-likeness (QED) is 0.530. The summed E-state index contributed by atoms with van der Waals surface area (Å²) in [6.45, 7) is 0.148. The normalized spacial score (nSPS) is 11.2. The van der Waals surface area contributed by atoms with Gasteiger partial charge in [0, 0.05) is 18.7 Å². The van der Waals surface area contributed by atoms with Crippen LogP contribution in [-0.2, 0) is 10.0 Å². The Morgan fingerprint density at radius 1 is 1.07 bits per heavy atom. The minimum atomic E-state index is -3.80. The van der Waals surface area contributed by atoms with Crippen molar-refractivity contribution >= 4 is 21.4 Å². The van der Waals surface area contributed by atoms with Gasteiger partial charge in [0.05, 0.1) is 19.1 Å². The lowest BCUT2D eigenvalue weighted by atomic mass is 10.3. The summed E-state index contributed by atoms with van der Waals surface area (Å²) < 4.78 is 43.2. The number of ether oxygens (including phenoxy) is 3. The third-order valence-electron chi connectivity index (χ3n) is 3.72. The molecule has 0 aliphatic rings. The molecule has 0 saturated heterocycles. The van der Waals surface area contributed by atoms with E-state index in [0.29, 0.717) is 11.6 Å². The second-order valence-corrected chi connectivity index (χ2v) is 8.18. The molecule has 28 heavy (non-hydrogen) atoms. The van der Waals surface area contributed by atoms with Crippen LogP contribution >= 0.6 is 11.3 Å². The van der Waals surface area contributed by atoms with Crippen molar-refractivity contribution in [2.24, 2.45) is 0 Å². The Morgan fingerprint density at radius 3 is 2.57 bits per heavy atom. The lowest BCUT2D eigenvalue weighted by molar-refractivity contribution is 0.307. The van der Waals surface area contributed by atoms with Crippen LogP contribution in [0.15, 0.2) is 52.7 Å². The van der Waals surface area contributed by atoms with E-state index >= 15 is 0 Å². The zero-order valence-electron chi connectivity index (χ0n) is 15.3. The molecule has 148 valence electrons. The lowest BCUT2D eigenvalue weighted by Crippen LogP contribution is -2.28. The van der Waals surface area contributed by atoms with Crippen LogP contribution in [0.25, 0.3) is 10.6 Å². The molecule has 3 rings (SSSR count). The molecule has 0 aliphatic heterocycles. The van der Waals surface area contributed by atoms with Gasteiger partial charge in [0.2, 0.25) is 15.9 Å². The molecule has 2 aromatic heterocycles. The molecule has 0 fully saturated rings. The molecule has 10 heteroatoms. The summed E-state index contributed by atoms with van der Waals surface area (Å²) in [5.74, 6) is 0.959. The Morgan fingerprint density at radius 2 is 1.93 bits per heavy atom. The van der Waals surface area contributed by atoms with Gasteiger partial charge < -0.3 is 14.2 Å². The first-order valence-corrected chi connectivity index (χ1v) is 10.6. The van der Waals surface area contributed by atoms with Crippen LogP contribution in [0.4, 0.5) is 0 Å². The molecule has 0 atom stereocenters. The molecule has 0 amide bonds. The minimum Gasteiger partial charge on any atom is -0.497 e. The number of aromatic nitrogens is 2. The average Bonchev–Trinajstić information content (AvgIpc) is 3.26. The van der Waals surface area contributed by atoms with Crippen LogP contribution in [0.1, 0.15) is 0 Å². The third kappa shape index (κ3) is 4.77. The van der Waals surface area contributed by atoms with Crippen molar-refractivity contribution in [2.75, 3.05) is 27.4 Å². The zero-order chi connectivity index (χ0) is 20.0. The first kappa shape index (κ1) is 20.1. The maximum absolute atomic E-state index is 12.5. The van der Waals surface area contributed by atoms with Crippen LogP contribution in [0.2, 0.25) is 0 Å². The largest absolute Gasteiger partial charge is 0.497 e. The van der Waals surface area contributed by atoms with Gasteiger partial charge >= 0.3 is 0 Å². The molecule has 0 spiro atoms. The monoisotopic (exact) mass is 421 g/mol. The second-order valence-electron chi connectivity index (χ2n) is 5.50. The van der Waals surface area contributed by atoms with E-state index in [-0.39, 0.29) is 23.8 Å². The van der Waals surface area contributed by atoms with Gasteiger partial charge in [0.1, 0.15) is 28.7 Å². The van der Waals surface area contributed by atoms with Crippen molar-refractivity contribution in [2.45, 2.75) is 4.90 Å². The standard InChI is InChI=1S/C18H19N3O5S2/c1-24-13-5-7-15(25-2)17(12-13)28(22,23)19-9-10-26-18-8-6-14(20-21-18)16-4-3-11-27-16/h3-8,11-12,19H,9-10H2,1-2H3. The fraction of sp³-hybridized carbons (Fsp3) is 0.222. The Labute approximate surface area is 167 Å². The minimum absolute atomic E-state index is 0.00515. The van der Waals surface area contributed by atoms with Gasteiger partial charge in [-0.05, 0) is 29.6 Å². The predicted octanol–water partition coefficient (Wildman–Crippen LogP) is 2.58. The second kappa shape index (κ2) is 9.00. The van der Waals surface area contributed by atoms with E-state index in [4.69, 9.17) is 14.2 Å². The summed E-state index contributed by atoms with van der Waals surface area (Å²) in [5.41, 5.74) is 0.758. The number of rotatable bonds is 9. The number of methoxy groups -OCH3 is 2. The van der Waals surface area contributed by atoms with Crippen molar-refractivity contribution in [3.63, 3.8) is 0 Å². The summed E-state index contributed by atoms with van der Waals surface area (Å²) >= 11 is 1.57. The Balaban J connectivity index is 1.57. The topological polar surface area (TPSA) is 99.6 Å². The van der Waals surface area contributed by atoms with E-state index in [1.807, 2.05) is 17.5 Å². The maximum atomic E-state index is 12.5. The van der Waals surface area contributed by atoms with Crippen LogP contribution in [0.3, 0.4) is 0 Å². The van der Waals surface area contributed by atoms with E-state index in [2.05, 4.69) is 14.9 Å². The molecule has 0 unspecified atom stereocenters. The maximum Gasteiger partial charge on any atom is 0.244 e. The van der Waals surface area contributed by atoms with Crippen molar-refractivity contribution in [1.29, 1.82) is 0 Å². The zero-order valence-corrected chi connectivity index (χ0v) is 16.9. The van der Waals surface area contributed by atoms with Gasteiger partial charge in [-0.3, -0.25) is 0 Å². The lowest BCUT2D eigenvalue weighted by Gasteiger charge is -2.12. The summed E-state index contributed by atoms with van der Waals surface area (Å²) in [4.78, 5) is 1.01. The highest BCUT2D eigenvalue weighted by atomic mass is 32.2. The predicted molar refractivity (Wildman–Crippen MR) is 106 cm³/mol. The van der Waals surface area contributed by atoms with E-state index in [9.17, 15) is 8.42 Å². The molecule has 0 bridgehead atoms. The fourth-order valence-corrected chi connectivity index (χ4v) is 4.24. The Bertz CT molecular complexity index is 1010. The van der Waals surface area contributed by atoms with E-state index in [1.165, 1.54) is 26.4 Å². The average molecular weight is 422 g/mol. The third-order valence-corrected chi connectivity index (χ3v) is 6.09. The summed E-state index contributed by atoms with van der Waals surface area (Å²) in [7, 11) is -0.928. The number of thiophene rings is 1.